The van der Waals surface area contributed by atoms with Crippen LogP contribution in [-0.4, -0.2) is 18.0 Å². The number of hydrogen-bond donors (Lipinski definition) is 1. The molecule has 0 radical (unpaired) electrons. The lowest BCUT2D eigenvalue weighted by Crippen LogP contribution is -2.13. The maximum atomic E-state index is 5.64. The first kappa shape index (κ1) is 12.9. The highest BCUT2D eigenvalue weighted by molar-refractivity contribution is 7.99. The van der Waals surface area contributed by atoms with E-state index in [1.165, 1.54) is 23.1 Å². The van der Waals surface area contributed by atoms with Crippen molar-refractivity contribution in [2.45, 2.75) is 43.9 Å². The molecular formula is C14H21NOS. The standard InChI is InChI=1S/C14H21NOS/c1-10-7-12(8-15)3-4-13(10)9-17-14-5-6-16-11(14)2/h3-4,7,11,14H,5-6,8-9,15H2,1-2H3. The van der Waals surface area contributed by atoms with Crippen LogP contribution in [-0.2, 0) is 17.0 Å². The third kappa shape index (κ3) is 3.24. The van der Waals surface area contributed by atoms with Crippen molar-refractivity contribution in [1.29, 1.82) is 0 Å². The lowest BCUT2D eigenvalue weighted by Gasteiger charge is -2.14. The van der Waals surface area contributed by atoms with Crippen molar-refractivity contribution in [3.05, 3.63) is 34.9 Å². The van der Waals surface area contributed by atoms with Gasteiger partial charge in [-0.05, 0) is 37.0 Å². The van der Waals surface area contributed by atoms with E-state index in [-0.39, 0.29) is 0 Å². The largest absolute Gasteiger partial charge is 0.377 e. The van der Waals surface area contributed by atoms with E-state index >= 15 is 0 Å². The van der Waals surface area contributed by atoms with Gasteiger partial charge >= 0.3 is 0 Å². The van der Waals surface area contributed by atoms with Crippen molar-refractivity contribution in [2.75, 3.05) is 6.61 Å². The van der Waals surface area contributed by atoms with Gasteiger partial charge in [-0.1, -0.05) is 18.2 Å². The number of ether oxygens (including phenoxy) is 1. The Labute approximate surface area is 108 Å². The highest BCUT2D eigenvalue weighted by atomic mass is 32.2. The fourth-order valence-electron chi connectivity index (χ4n) is 2.17. The van der Waals surface area contributed by atoms with Crippen molar-refractivity contribution in [1.82, 2.24) is 0 Å². The Hall–Kier alpha value is -0.510. The molecule has 1 aromatic carbocycles. The average molecular weight is 251 g/mol. The molecule has 17 heavy (non-hydrogen) atoms. The molecule has 2 atom stereocenters. The molecular weight excluding hydrogens is 230 g/mol. The summed E-state index contributed by atoms with van der Waals surface area (Å²) in [6.45, 7) is 5.89. The average Bonchev–Trinajstić information content (AvgIpc) is 2.73. The number of nitrogens with two attached hydrogens (primary N) is 1. The topological polar surface area (TPSA) is 35.2 Å². The highest BCUT2D eigenvalue weighted by Gasteiger charge is 2.24. The van der Waals surface area contributed by atoms with Gasteiger partial charge in [0.05, 0.1) is 6.10 Å². The molecule has 1 heterocycles. The molecule has 1 fully saturated rings. The monoisotopic (exact) mass is 251 g/mol. The van der Waals surface area contributed by atoms with Crippen LogP contribution in [0.15, 0.2) is 18.2 Å². The summed E-state index contributed by atoms with van der Waals surface area (Å²) >= 11 is 2.02. The fourth-order valence-corrected chi connectivity index (χ4v) is 3.50. The molecule has 1 aliphatic rings. The van der Waals surface area contributed by atoms with Crippen LogP contribution in [0.25, 0.3) is 0 Å². The second-order valence-corrected chi connectivity index (χ2v) is 5.91. The second-order valence-electron chi connectivity index (χ2n) is 4.68. The Bertz CT molecular complexity index is 380. The molecule has 2 rings (SSSR count). The third-order valence-corrected chi connectivity index (χ3v) is 4.93. The number of hydrogen-bond acceptors (Lipinski definition) is 3. The van der Waals surface area contributed by atoms with Crippen LogP contribution < -0.4 is 5.73 Å². The van der Waals surface area contributed by atoms with Gasteiger partial charge in [0.2, 0.25) is 0 Å². The van der Waals surface area contributed by atoms with Gasteiger partial charge in [0, 0.05) is 24.2 Å². The molecule has 0 aliphatic carbocycles. The summed E-state index contributed by atoms with van der Waals surface area (Å²) < 4.78 is 5.58. The van der Waals surface area contributed by atoms with Gasteiger partial charge in [-0.25, -0.2) is 0 Å². The lowest BCUT2D eigenvalue weighted by molar-refractivity contribution is 0.127. The molecule has 3 heteroatoms. The lowest BCUT2D eigenvalue weighted by atomic mass is 10.1. The first-order chi connectivity index (χ1) is 8.20. The van der Waals surface area contributed by atoms with Gasteiger partial charge < -0.3 is 10.5 Å². The van der Waals surface area contributed by atoms with Crippen molar-refractivity contribution in [3.63, 3.8) is 0 Å². The minimum absolute atomic E-state index is 0.406. The van der Waals surface area contributed by atoms with Crippen LogP contribution in [0.3, 0.4) is 0 Å². The van der Waals surface area contributed by atoms with Gasteiger partial charge in [-0.3, -0.25) is 0 Å². The van der Waals surface area contributed by atoms with Crippen LogP contribution in [0.4, 0.5) is 0 Å². The van der Waals surface area contributed by atoms with E-state index in [9.17, 15) is 0 Å². The van der Waals surface area contributed by atoms with E-state index < -0.39 is 0 Å². The first-order valence-electron chi connectivity index (χ1n) is 6.22. The zero-order valence-electron chi connectivity index (χ0n) is 10.6. The zero-order valence-corrected chi connectivity index (χ0v) is 11.4. The molecule has 0 aromatic heterocycles. The normalized spacial score (nSPS) is 24.2. The van der Waals surface area contributed by atoms with E-state index in [0.29, 0.717) is 17.9 Å². The van der Waals surface area contributed by atoms with Crippen LogP contribution in [0.1, 0.15) is 30.0 Å². The fraction of sp³-hybridized carbons (Fsp3) is 0.571. The Morgan fingerprint density at radius 2 is 2.29 bits per heavy atom. The van der Waals surface area contributed by atoms with Gasteiger partial charge in [0.15, 0.2) is 0 Å². The third-order valence-electron chi connectivity index (χ3n) is 3.40. The molecule has 2 nitrogen and oxygen atoms in total. The molecule has 2 unspecified atom stereocenters. The quantitative estimate of drug-likeness (QED) is 0.893. The van der Waals surface area contributed by atoms with E-state index in [2.05, 4.69) is 32.0 Å². The van der Waals surface area contributed by atoms with Gasteiger partial charge in [0.1, 0.15) is 0 Å². The van der Waals surface area contributed by atoms with Crippen molar-refractivity contribution < 1.29 is 4.74 Å². The highest BCUT2D eigenvalue weighted by Crippen LogP contribution is 2.29. The summed E-state index contributed by atoms with van der Waals surface area (Å²) in [6.07, 6.45) is 1.59. The molecule has 0 spiro atoms. The summed E-state index contributed by atoms with van der Waals surface area (Å²) in [4.78, 5) is 0. The van der Waals surface area contributed by atoms with Crippen molar-refractivity contribution in [2.24, 2.45) is 5.73 Å². The molecule has 1 aliphatic heterocycles. The summed E-state index contributed by atoms with van der Waals surface area (Å²) in [5.74, 6) is 1.08. The van der Waals surface area contributed by atoms with Gasteiger partial charge in [-0.15, -0.1) is 0 Å². The maximum Gasteiger partial charge on any atom is 0.0666 e. The van der Waals surface area contributed by atoms with E-state index in [1.54, 1.807) is 0 Å². The summed E-state index contributed by atoms with van der Waals surface area (Å²) in [7, 11) is 0. The van der Waals surface area contributed by atoms with Crippen molar-refractivity contribution >= 4 is 11.8 Å². The van der Waals surface area contributed by atoms with Gasteiger partial charge in [-0.2, -0.15) is 11.8 Å². The van der Waals surface area contributed by atoms with Crippen LogP contribution in [0, 0.1) is 6.92 Å². The molecule has 0 saturated carbocycles. The number of benzene rings is 1. The van der Waals surface area contributed by atoms with Gasteiger partial charge in [0.25, 0.3) is 0 Å². The first-order valence-corrected chi connectivity index (χ1v) is 7.27. The molecule has 1 saturated heterocycles. The Morgan fingerprint density at radius 1 is 1.47 bits per heavy atom. The summed E-state index contributed by atoms with van der Waals surface area (Å²) in [6, 6.07) is 6.55. The van der Waals surface area contributed by atoms with Crippen LogP contribution in [0.2, 0.25) is 0 Å². The number of rotatable bonds is 4. The zero-order chi connectivity index (χ0) is 12.3. The van der Waals surface area contributed by atoms with E-state index in [1.807, 2.05) is 11.8 Å². The summed E-state index contributed by atoms with van der Waals surface area (Å²) in [5, 5.41) is 0.656. The van der Waals surface area contributed by atoms with Crippen molar-refractivity contribution in [3.8, 4) is 0 Å². The Morgan fingerprint density at radius 3 is 2.88 bits per heavy atom. The Balaban J connectivity index is 1.94. The second kappa shape index (κ2) is 5.89. The molecule has 2 N–H and O–H groups in total. The SMILES string of the molecule is Cc1cc(CN)ccc1CSC1CCOC1C. The number of thioether (sulfide) groups is 1. The smallest absolute Gasteiger partial charge is 0.0666 e. The molecule has 94 valence electrons. The number of aryl methyl sites for hydroxylation is 1. The summed E-state index contributed by atoms with van der Waals surface area (Å²) in [5.41, 5.74) is 9.63. The molecule has 0 bridgehead atoms. The Kier molecular flexibility index (Phi) is 4.48. The van der Waals surface area contributed by atoms with E-state index in [4.69, 9.17) is 10.5 Å². The van der Waals surface area contributed by atoms with Crippen LogP contribution in [0.5, 0.6) is 0 Å². The minimum Gasteiger partial charge on any atom is -0.377 e. The molecule has 0 amide bonds. The van der Waals surface area contributed by atoms with E-state index in [0.717, 1.165) is 12.4 Å². The predicted molar refractivity (Wildman–Crippen MR) is 74.2 cm³/mol. The van der Waals surface area contributed by atoms with Crippen LogP contribution >= 0.6 is 11.8 Å². The molecule has 1 aromatic rings. The maximum absolute atomic E-state index is 5.64. The predicted octanol–water partition coefficient (Wildman–Crippen LogP) is 2.86. The minimum atomic E-state index is 0.406.